The summed E-state index contributed by atoms with van der Waals surface area (Å²) in [6.07, 6.45) is 1.55. The molecule has 5 rings (SSSR count). The number of pyridine rings is 1. The molecule has 0 spiro atoms. The van der Waals surface area contributed by atoms with Crippen LogP contribution in [-0.4, -0.2) is 15.0 Å². The third kappa shape index (κ3) is 5.58. The lowest BCUT2D eigenvalue weighted by molar-refractivity contribution is 0.306. The van der Waals surface area contributed by atoms with Crippen LogP contribution in [0, 0.1) is 0 Å². The average Bonchev–Trinajstić information content (AvgIpc) is 2.90. The Hall–Kier alpha value is -4.10. The molecule has 0 unspecified atom stereocenters. The number of nitrogens with zero attached hydrogens (tertiary/aromatic N) is 3. The average molecular weight is 494 g/mol. The minimum absolute atomic E-state index is 0.321. The van der Waals surface area contributed by atoms with Crippen LogP contribution >= 0.6 is 11.8 Å². The SMILES string of the molecule is CC(C)c1ccc2c(Nc3cc(OCc4ccccc4)ccc3Sc3ccc(N)cc3)ncnc2n1. The van der Waals surface area contributed by atoms with Crippen molar-refractivity contribution in [2.45, 2.75) is 36.2 Å². The third-order valence-corrected chi connectivity index (χ3v) is 6.75. The first kappa shape index (κ1) is 23.6. The Kier molecular flexibility index (Phi) is 7.00. The van der Waals surface area contributed by atoms with Crippen LogP contribution in [0.1, 0.15) is 31.0 Å². The Morgan fingerprint density at radius 2 is 1.72 bits per heavy atom. The van der Waals surface area contributed by atoms with Gasteiger partial charge in [0, 0.05) is 27.2 Å². The number of hydrogen-bond acceptors (Lipinski definition) is 7. The highest BCUT2D eigenvalue weighted by molar-refractivity contribution is 7.99. The second-order valence-corrected chi connectivity index (χ2v) is 9.83. The summed E-state index contributed by atoms with van der Waals surface area (Å²) in [6.45, 7) is 4.73. The van der Waals surface area contributed by atoms with E-state index in [0.717, 1.165) is 43.6 Å². The molecule has 0 aliphatic rings. The Morgan fingerprint density at radius 1 is 0.917 bits per heavy atom. The first-order chi connectivity index (χ1) is 17.5. The van der Waals surface area contributed by atoms with Crippen molar-refractivity contribution in [3.8, 4) is 5.75 Å². The number of benzene rings is 3. The predicted molar refractivity (Wildman–Crippen MR) is 147 cm³/mol. The molecule has 2 heterocycles. The normalized spacial score (nSPS) is 11.1. The standard InChI is InChI=1S/C29H27N5OS/c1-19(2)25-14-13-24-28(33-25)31-18-32-29(24)34-26-16-22(35-17-20-6-4-3-5-7-20)10-15-27(26)36-23-11-8-21(30)9-12-23/h3-16,18-19H,17,30H2,1-2H3,(H,31,32,33,34). The van der Waals surface area contributed by atoms with Crippen LogP contribution in [0.2, 0.25) is 0 Å². The van der Waals surface area contributed by atoms with E-state index >= 15 is 0 Å². The molecule has 0 saturated carbocycles. The first-order valence-corrected chi connectivity index (χ1v) is 12.6. The Bertz CT molecular complexity index is 1470. The maximum Gasteiger partial charge on any atom is 0.164 e. The first-order valence-electron chi connectivity index (χ1n) is 11.8. The van der Waals surface area contributed by atoms with Crippen molar-refractivity contribution < 1.29 is 4.74 Å². The lowest BCUT2D eigenvalue weighted by Gasteiger charge is -2.15. The lowest BCUT2D eigenvalue weighted by Crippen LogP contribution is -2.01. The van der Waals surface area contributed by atoms with Gasteiger partial charge in [-0.15, -0.1) is 0 Å². The van der Waals surface area contributed by atoms with Gasteiger partial charge in [0.15, 0.2) is 5.65 Å². The fraction of sp³-hybridized carbons (Fsp3) is 0.138. The molecule has 0 saturated heterocycles. The van der Waals surface area contributed by atoms with Gasteiger partial charge >= 0.3 is 0 Å². The highest BCUT2D eigenvalue weighted by Crippen LogP contribution is 2.38. The van der Waals surface area contributed by atoms with Gasteiger partial charge in [0.2, 0.25) is 0 Å². The van der Waals surface area contributed by atoms with Crippen LogP contribution in [0.15, 0.2) is 101 Å². The number of rotatable bonds is 8. The molecular formula is C29H27N5OS. The molecule has 7 heteroatoms. The number of ether oxygens (including phenoxy) is 1. The van der Waals surface area contributed by atoms with Crippen molar-refractivity contribution in [3.63, 3.8) is 0 Å². The van der Waals surface area contributed by atoms with E-state index in [4.69, 9.17) is 15.5 Å². The topological polar surface area (TPSA) is 86.0 Å². The van der Waals surface area contributed by atoms with Crippen molar-refractivity contribution in [2.24, 2.45) is 0 Å². The summed E-state index contributed by atoms with van der Waals surface area (Å²) in [5.41, 5.74) is 10.3. The quantitative estimate of drug-likeness (QED) is 0.221. The smallest absolute Gasteiger partial charge is 0.164 e. The molecule has 2 aromatic heterocycles. The summed E-state index contributed by atoms with van der Waals surface area (Å²) in [5.74, 6) is 1.78. The number of hydrogen-bond donors (Lipinski definition) is 2. The zero-order valence-corrected chi connectivity index (χ0v) is 21.0. The summed E-state index contributed by atoms with van der Waals surface area (Å²) >= 11 is 1.64. The van der Waals surface area contributed by atoms with Crippen molar-refractivity contribution in [1.82, 2.24) is 15.0 Å². The number of anilines is 3. The molecule has 0 bridgehead atoms. The Labute approximate surface area is 215 Å². The summed E-state index contributed by atoms with van der Waals surface area (Å²) in [7, 11) is 0. The van der Waals surface area contributed by atoms with Gasteiger partial charge in [-0.2, -0.15) is 0 Å². The van der Waals surface area contributed by atoms with Gasteiger partial charge < -0.3 is 15.8 Å². The fourth-order valence-corrected chi connectivity index (χ4v) is 4.58. The van der Waals surface area contributed by atoms with Gasteiger partial charge in [0.25, 0.3) is 0 Å². The van der Waals surface area contributed by atoms with Crippen LogP contribution < -0.4 is 15.8 Å². The van der Waals surface area contributed by atoms with E-state index in [0.29, 0.717) is 24.0 Å². The van der Waals surface area contributed by atoms with E-state index < -0.39 is 0 Å². The third-order valence-electron chi connectivity index (χ3n) is 5.67. The molecule has 0 fully saturated rings. The van der Waals surface area contributed by atoms with Gasteiger partial charge in [0.1, 0.15) is 24.5 Å². The number of fused-ring (bicyclic) bond motifs is 1. The largest absolute Gasteiger partial charge is 0.489 e. The Morgan fingerprint density at radius 3 is 2.50 bits per heavy atom. The summed E-state index contributed by atoms with van der Waals surface area (Å²) in [4.78, 5) is 15.8. The predicted octanol–water partition coefficient (Wildman–Crippen LogP) is 7.20. The number of aromatic nitrogens is 3. The van der Waals surface area contributed by atoms with Crippen LogP contribution in [-0.2, 0) is 6.61 Å². The van der Waals surface area contributed by atoms with E-state index in [1.165, 1.54) is 0 Å². The molecule has 0 aliphatic carbocycles. The molecule has 6 nitrogen and oxygen atoms in total. The lowest BCUT2D eigenvalue weighted by atomic mass is 10.1. The molecule has 3 aromatic carbocycles. The molecule has 180 valence electrons. The minimum atomic E-state index is 0.321. The zero-order valence-electron chi connectivity index (χ0n) is 20.2. The molecule has 5 aromatic rings. The van der Waals surface area contributed by atoms with Gasteiger partial charge in [-0.3, -0.25) is 0 Å². The monoisotopic (exact) mass is 493 g/mol. The number of nitrogens with two attached hydrogens (primary N) is 1. The highest BCUT2D eigenvalue weighted by Gasteiger charge is 2.13. The number of nitrogens with one attached hydrogen (secondary N) is 1. The van der Waals surface area contributed by atoms with Crippen molar-refractivity contribution >= 4 is 40.0 Å². The Balaban J connectivity index is 1.48. The molecular weight excluding hydrogens is 466 g/mol. The van der Waals surface area contributed by atoms with Crippen LogP contribution in [0.4, 0.5) is 17.2 Å². The van der Waals surface area contributed by atoms with Gasteiger partial charge in [-0.05, 0) is 60.0 Å². The molecule has 0 amide bonds. The second-order valence-electron chi connectivity index (χ2n) is 8.71. The van der Waals surface area contributed by atoms with E-state index in [-0.39, 0.29) is 0 Å². The molecule has 3 N–H and O–H groups in total. The van der Waals surface area contributed by atoms with Crippen molar-refractivity contribution in [2.75, 3.05) is 11.1 Å². The maximum atomic E-state index is 6.11. The van der Waals surface area contributed by atoms with Crippen LogP contribution in [0.3, 0.4) is 0 Å². The van der Waals surface area contributed by atoms with E-state index in [1.807, 2.05) is 66.7 Å². The molecule has 0 atom stereocenters. The minimum Gasteiger partial charge on any atom is -0.489 e. The van der Waals surface area contributed by atoms with Crippen LogP contribution in [0.5, 0.6) is 5.75 Å². The highest BCUT2D eigenvalue weighted by atomic mass is 32.2. The molecule has 0 radical (unpaired) electrons. The molecule has 0 aliphatic heterocycles. The van der Waals surface area contributed by atoms with Crippen molar-refractivity contribution in [3.05, 3.63) is 103 Å². The van der Waals surface area contributed by atoms with Gasteiger partial charge in [0.05, 0.1) is 11.1 Å². The zero-order chi connectivity index (χ0) is 24.9. The number of nitrogen functional groups attached to an aromatic ring is 1. The van der Waals surface area contributed by atoms with Crippen LogP contribution in [0.25, 0.3) is 11.0 Å². The fourth-order valence-electron chi connectivity index (χ4n) is 3.70. The van der Waals surface area contributed by atoms with E-state index in [9.17, 15) is 0 Å². The van der Waals surface area contributed by atoms with Gasteiger partial charge in [-0.25, -0.2) is 15.0 Å². The van der Waals surface area contributed by atoms with Crippen molar-refractivity contribution in [1.29, 1.82) is 0 Å². The summed E-state index contributed by atoms with van der Waals surface area (Å²) < 4.78 is 6.11. The van der Waals surface area contributed by atoms with E-state index in [1.54, 1.807) is 18.1 Å². The maximum absolute atomic E-state index is 6.11. The van der Waals surface area contributed by atoms with E-state index in [2.05, 4.69) is 47.3 Å². The second kappa shape index (κ2) is 10.7. The van der Waals surface area contributed by atoms with Gasteiger partial charge in [-0.1, -0.05) is 55.9 Å². The summed E-state index contributed by atoms with van der Waals surface area (Å²) in [6, 6.07) is 28.1. The summed E-state index contributed by atoms with van der Waals surface area (Å²) in [5, 5.41) is 4.38. The molecule has 36 heavy (non-hydrogen) atoms.